The summed E-state index contributed by atoms with van der Waals surface area (Å²) in [6.45, 7) is 2.06. The van der Waals surface area contributed by atoms with Gasteiger partial charge in [-0.25, -0.2) is 4.98 Å². The van der Waals surface area contributed by atoms with E-state index in [4.69, 9.17) is 17.3 Å². The van der Waals surface area contributed by atoms with Gasteiger partial charge in [0.2, 0.25) is 5.95 Å². The summed E-state index contributed by atoms with van der Waals surface area (Å²) in [5.74, 6) is 0.791. The van der Waals surface area contributed by atoms with Crippen LogP contribution >= 0.6 is 23.4 Å². The molecule has 0 amide bonds. The lowest BCUT2D eigenvalue weighted by molar-refractivity contribution is 0.871. The molecule has 100 valence electrons. The minimum Gasteiger partial charge on any atom is -0.368 e. The summed E-state index contributed by atoms with van der Waals surface area (Å²) >= 11 is 7.57. The highest BCUT2D eigenvalue weighted by atomic mass is 35.5. The standard InChI is InChI=1S/C13H15ClN4S/c1-8(9-3-5-10(19-2)6-4-9)16-12-7-11(14)17-13(15)18-12/h3-8H,1-2H3,(H3,15,16,17,18). The van der Waals surface area contributed by atoms with Crippen molar-refractivity contribution in [3.8, 4) is 0 Å². The van der Waals surface area contributed by atoms with Crippen molar-refractivity contribution < 1.29 is 0 Å². The summed E-state index contributed by atoms with van der Waals surface area (Å²) < 4.78 is 0. The molecular formula is C13H15ClN4S. The number of nitrogens with two attached hydrogens (primary N) is 1. The first-order valence-corrected chi connectivity index (χ1v) is 7.39. The molecule has 0 spiro atoms. The molecule has 1 aromatic carbocycles. The summed E-state index contributed by atoms with van der Waals surface area (Å²) in [6.07, 6.45) is 2.06. The highest BCUT2D eigenvalue weighted by molar-refractivity contribution is 7.98. The molecule has 3 N–H and O–H groups in total. The fourth-order valence-electron chi connectivity index (χ4n) is 1.71. The summed E-state index contributed by atoms with van der Waals surface area (Å²) in [7, 11) is 0. The molecule has 6 heteroatoms. The number of aromatic nitrogens is 2. The highest BCUT2D eigenvalue weighted by Crippen LogP contribution is 2.22. The molecule has 1 unspecified atom stereocenters. The largest absolute Gasteiger partial charge is 0.368 e. The zero-order valence-corrected chi connectivity index (χ0v) is 12.3. The number of anilines is 2. The Kier molecular flexibility index (Phi) is 4.50. The molecule has 0 radical (unpaired) electrons. The summed E-state index contributed by atoms with van der Waals surface area (Å²) in [6, 6.07) is 10.1. The highest BCUT2D eigenvalue weighted by Gasteiger charge is 2.07. The van der Waals surface area contributed by atoms with Crippen LogP contribution in [0.1, 0.15) is 18.5 Å². The summed E-state index contributed by atoms with van der Waals surface area (Å²) in [4.78, 5) is 9.17. The number of thioether (sulfide) groups is 1. The van der Waals surface area contributed by atoms with Crippen molar-refractivity contribution in [2.75, 3.05) is 17.3 Å². The van der Waals surface area contributed by atoms with Crippen LogP contribution in [0.4, 0.5) is 11.8 Å². The van der Waals surface area contributed by atoms with E-state index in [1.54, 1.807) is 17.8 Å². The van der Waals surface area contributed by atoms with Gasteiger partial charge in [0.25, 0.3) is 0 Å². The molecule has 1 aromatic heterocycles. The molecule has 19 heavy (non-hydrogen) atoms. The number of nitrogens with zero attached hydrogens (tertiary/aromatic N) is 2. The second-order valence-corrected chi connectivity index (χ2v) is 5.34. The van der Waals surface area contributed by atoms with E-state index in [0.29, 0.717) is 11.0 Å². The van der Waals surface area contributed by atoms with Crippen LogP contribution in [-0.4, -0.2) is 16.2 Å². The first-order valence-electron chi connectivity index (χ1n) is 5.79. The van der Waals surface area contributed by atoms with Crippen LogP contribution in [0.2, 0.25) is 5.15 Å². The van der Waals surface area contributed by atoms with E-state index in [-0.39, 0.29) is 12.0 Å². The Labute approximate surface area is 121 Å². The van der Waals surface area contributed by atoms with Gasteiger partial charge in [-0.05, 0) is 30.9 Å². The average molecular weight is 295 g/mol. The second kappa shape index (κ2) is 6.12. The third kappa shape index (κ3) is 3.75. The molecule has 1 atom stereocenters. The number of halogens is 1. The fraction of sp³-hybridized carbons (Fsp3) is 0.231. The van der Waals surface area contributed by atoms with Gasteiger partial charge in [0.1, 0.15) is 11.0 Å². The van der Waals surface area contributed by atoms with Gasteiger partial charge >= 0.3 is 0 Å². The van der Waals surface area contributed by atoms with Crippen molar-refractivity contribution in [2.45, 2.75) is 17.9 Å². The number of hydrogen-bond donors (Lipinski definition) is 2. The van der Waals surface area contributed by atoms with Crippen LogP contribution in [0, 0.1) is 0 Å². The van der Waals surface area contributed by atoms with Gasteiger partial charge in [-0.2, -0.15) is 4.98 Å². The van der Waals surface area contributed by atoms with E-state index in [2.05, 4.69) is 52.7 Å². The molecule has 1 heterocycles. The van der Waals surface area contributed by atoms with E-state index in [9.17, 15) is 0 Å². The first kappa shape index (κ1) is 14.0. The van der Waals surface area contributed by atoms with Crippen molar-refractivity contribution in [3.05, 3.63) is 41.0 Å². The Hall–Kier alpha value is -1.46. The number of nitrogen functional groups attached to an aromatic ring is 1. The normalized spacial score (nSPS) is 12.2. The zero-order chi connectivity index (χ0) is 13.8. The predicted octanol–water partition coefficient (Wildman–Crippen LogP) is 3.61. The van der Waals surface area contributed by atoms with Gasteiger partial charge in [0, 0.05) is 17.0 Å². The minimum absolute atomic E-state index is 0.112. The lowest BCUT2D eigenvalue weighted by atomic mass is 10.1. The summed E-state index contributed by atoms with van der Waals surface area (Å²) in [5.41, 5.74) is 6.73. The van der Waals surface area contributed by atoms with Crippen molar-refractivity contribution in [3.63, 3.8) is 0 Å². The summed E-state index contributed by atoms with van der Waals surface area (Å²) in [5, 5.41) is 3.59. The van der Waals surface area contributed by atoms with Gasteiger partial charge in [-0.15, -0.1) is 11.8 Å². The Morgan fingerprint density at radius 2 is 1.95 bits per heavy atom. The fourth-order valence-corrected chi connectivity index (χ4v) is 2.31. The van der Waals surface area contributed by atoms with Crippen LogP contribution in [-0.2, 0) is 0 Å². The lowest BCUT2D eigenvalue weighted by Crippen LogP contribution is -2.09. The molecule has 0 saturated heterocycles. The van der Waals surface area contributed by atoms with Gasteiger partial charge < -0.3 is 11.1 Å². The molecule has 2 aromatic rings. The predicted molar refractivity (Wildman–Crippen MR) is 81.7 cm³/mol. The second-order valence-electron chi connectivity index (χ2n) is 4.07. The van der Waals surface area contributed by atoms with Crippen molar-refractivity contribution >= 4 is 35.1 Å². The van der Waals surface area contributed by atoms with Crippen LogP contribution < -0.4 is 11.1 Å². The molecule has 0 aliphatic carbocycles. The van der Waals surface area contributed by atoms with E-state index >= 15 is 0 Å². The first-order chi connectivity index (χ1) is 9.08. The number of benzene rings is 1. The van der Waals surface area contributed by atoms with Crippen LogP contribution in [0.5, 0.6) is 0 Å². The molecule has 2 rings (SSSR count). The van der Waals surface area contributed by atoms with Crippen molar-refractivity contribution in [1.82, 2.24) is 9.97 Å². The monoisotopic (exact) mass is 294 g/mol. The Morgan fingerprint density at radius 1 is 1.26 bits per heavy atom. The smallest absolute Gasteiger partial charge is 0.223 e. The van der Waals surface area contributed by atoms with Crippen LogP contribution in [0.15, 0.2) is 35.2 Å². The van der Waals surface area contributed by atoms with Gasteiger partial charge in [-0.3, -0.25) is 0 Å². The Bertz CT molecular complexity index is 539. The Balaban J connectivity index is 2.13. The van der Waals surface area contributed by atoms with E-state index in [1.165, 1.54) is 10.5 Å². The molecule has 0 aliphatic heterocycles. The quantitative estimate of drug-likeness (QED) is 0.666. The van der Waals surface area contributed by atoms with E-state index in [1.807, 2.05) is 0 Å². The molecule has 4 nitrogen and oxygen atoms in total. The molecule has 0 saturated carbocycles. The maximum atomic E-state index is 5.85. The third-order valence-corrected chi connectivity index (χ3v) is 3.63. The zero-order valence-electron chi connectivity index (χ0n) is 10.7. The third-order valence-electron chi connectivity index (χ3n) is 2.69. The molecule has 0 aliphatic rings. The molecular weight excluding hydrogens is 280 g/mol. The number of rotatable bonds is 4. The molecule has 0 bridgehead atoms. The van der Waals surface area contributed by atoms with Gasteiger partial charge in [-0.1, -0.05) is 23.7 Å². The maximum absolute atomic E-state index is 5.85. The lowest BCUT2D eigenvalue weighted by Gasteiger charge is -2.15. The van der Waals surface area contributed by atoms with Gasteiger partial charge in [0.15, 0.2) is 0 Å². The minimum atomic E-state index is 0.112. The van der Waals surface area contributed by atoms with Crippen LogP contribution in [0.25, 0.3) is 0 Å². The molecule has 0 fully saturated rings. The topological polar surface area (TPSA) is 63.8 Å². The van der Waals surface area contributed by atoms with E-state index < -0.39 is 0 Å². The number of hydrogen-bond acceptors (Lipinski definition) is 5. The number of nitrogens with one attached hydrogen (secondary N) is 1. The van der Waals surface area contributed by atoms with Crippen molar-refractivity contribution in [2.24, 2.45) is 0 Å². The SMILES string of the molecule is CSc1ccc(C(C)Nc2cc(Cl)nc(N)n2)cc1. The average Bonchev–Trinajstić information content (AvgIpc) is 2.37. The maximum Gasteiger partial charge on any atom is 0.223 e. The van der Waals surface area contributed by atoms with E-state index in [0.717, 1.165) is 0 Å². The Morgan fingerprint density at radius 3 is 2.53 bits per heavy atom. The van der Waals surface area contributed by atoms with Gasteiger partial charge in [0.05, 0.1) is 0 Å². The van der Waals surface area contributed by atoms with Crippen molar-refractivity contribution in [1.29, 1.82) is 0 Å². The van der Waals surface area contributed by atoms with Crippen LogP contribution in [0.3, 0.4) is 0 Å².